The van der Waals surface area contributed by atoms with Crippen LogP contribution in [0.25, 0.3) is 11.4 Å². The fourth-order valence-electron chi connectivity index (χ4n) is 3.40. The predicted octanol–water partition coefficient (Wildman–Crippen LogP) is 4.86. The molecule has 0 atom stereocenters. The summed E-state index contributed by atoms with van der Waals surface area (Å²) in [6, 6.07) is 7.23. The van der Waals surface area contributed by atoms with Crippen LogP contribution in [-0.2, 0) is 9.84 Å². The molecule has 2 heterocycles. The first-order valence-corrected chi connectivity index (χ1v) is 11.9. The van der Waals surface area contributed by atoms with E-state index in [9.17, 15) is 8.42 Å². The zero-order valence-corrected chi connectivity index (χ0v) is 19.0. The first-order valence-electron chi connectivity index (χ1n) is 10.2. The number of hydrogen-bond donors (Lipinski definition) is 1. The predicted molar refractivity (Wildman–Crippen MR) is 120 cm³/mol. The molecule has 7 nitrogen and oxygen atoms in total. The van der Waals surface area contributed by atoms with Gasteiger partial charge in [-0.05, 0) is 63.9 Å². The number of hydrogen-bond acceptors (Lipinski definition) is 6. The highest BCUT2D eigenvalue weighted by molar-refractivity contribution is 7.91. The molecule has 8 heteroatoms. The Morgan fingerprint density at radius 1 is 1.13 bits per heavy atom. The van der Waals surface area contributed by atoms with Crippen LogP contribution >= 0.6 is 0 Å². The summed E-state index contributed by atoms with van der Waals surface area (Å²) in [7, 11) is -3.26. The van der Waals surface area contributed by atoms with Crippen molar-refractivity contribution in [2.45, 2.75) is 58.4 Å². The molecule has 1 aromatic carbocycles. The number of anilines is 2. The maximum Gasteiger partial charge on any atom is 0.227 e. The third-order valence-corrected chi connectivity index (χ3v) is 6.78. The van der Waals surface area contributed by atoms with E-state index in [0.717, 1.165) is 34.9 Å². The molecule has 0 aliphatic rings. The second kappa shape index (κ2) is 8.95. The minimum atomic E-state index is -3.26. The van der Waals surface area contributed by atoms with Crippen LogP contribution in [0.2, 0.25) is 0 Å². The highest BCUT2D eigenvalue weighted by atomic mass is 32.2. The van der Waals surface area contributed by atoms with Gasteiger partial charge in [0.1, 0.15) is 5.82 Å². The van der Waals surface area contributed by atoms with E-state index in [1.54, 1.807) is 24.4 Å². The molecule has 0 aliphatic heterocycles. The number of unbranched alkanes of at least 4 members (excludes halogenated alkanes) is 1. The molecule has 0 amide bonds. The van der Waals surface area contributed by atoms with Gasteiger partial charge in [-0.15, -0.1) is 0 Å². The molecule has 0 aliphatic carbocycles. The largest absolute Gasteiger partial charge is 0.324 e. The average Bonchev–Trinajstić information content (AvgIpc) is 3.10. The van der Waals surface area contributed by atoms with Gasteiger partial charge in [-0.3, -0.25) is 0 Å². The molecule has 0 radical (unpaired) electrons. The summed E-state index contributed by atoms with van der Waals surface area (Å²) in [6.07, 6.45) is 5.04. The van der Waals surface area contributed by atoms with Gasteiger partial charge in [-0.1, -0.05) is 13.3 Å². The molecule has 0 bridgehead atoms. The Labute approximate surface area is 178 Å². The van der Waals surface area contributed by atoms with Gasteiger partial charge in [0.05, 0.1) is 28.2 Å². The van der Waals surface area contributed by atoms with Gasteiger partial charge >= 0.3 is 0 Å². The second-order valence-corrected chi connectivity index (χ2v) is 9.80. The number of benzene rings is 1. The van der Waals surface area contributed by atoms with Gasteiger partial charge in [0, 0.05) is 17.9 Å². The number of imidazole rings is 1. The monoisotopic (exact) mass is 427 g/mol. The van der Waals surface area contributed by atoms with Gasteiger partial charge in [0.15, 0.2) is 9.84 Å². The molecule has 160 valence electrons. The molecule has 0 spiro atoms. The highest BCUT2D eigenvalue weighted by Gasteiger charge is 2.16. The van der Waals surface area contributed by atoms with E-state index in [-0.39, 0.29) is 11.8 Å². The van der Waals surface area contributed by atoms with E-state index in [1.807, 2.05) is 33.0 Å². The normalized spacial score (nSPS) is 11.8. The highest BCUT2D eigenvalue weighted by Crippen LogP contribution is 2.26. The van der Waals surface area contributed by atoms with E-state index >= 15 is 0 Å². The van der Waals surface area contributed by atoms with E-state index in [1.165, 1.54) is 0 Å². The van der Waals surface area contributed by atoms with E-state index in [4.69, 9.17) is 0 Å². The summed E-state index contributed by atoms with van der Waals surface area (Å²) < 4.78 is 27.0. The summed E-state index contributed by atoms with van der Waals surface area (Å²) in [6.45, 7) is 10.1. The van der Waals surface area contributed by atoms with Crippen molar-refractivity contribution in [3.05, 3.63) is 48.0 Å². The van der Waals surface area contributed by atoms with Crippen LogP contribution in [-0.4, -0.2) is 33.7 Å². The van der Waals surface area contributed by atoms with Crippen molar-refractivity contribution in [1.29, 1.82) is 0 Å². The molecule has 3 rings (SSSR count). The van der Waals surface area contributed by atoms with Crippen molar-refractivity contribution in [3.8, 4) is 11.4 Å². The summed E-state index contributed by atoms with van der Waals surface area (Å²) in [4.78, 5) is 13.7. The molecular formula is C22H29N5O2S. The lowest BCUT2D eigenvalue weighted by molar-refractivity contribution is 0.587. The number of sulfone groups is 1. The number of rotatable bonds is 8. The standard InChI is InChI=1S/C22H29N5O2S/c1-6-7-12-30(28,29)18-8-9-19(16(4)13-18)25-22-23-11-10-20(26-22)21-14-24-17(5)27(21)15(2)3/h8-11,13-15H,6-7,12H2,1-5H3,(H,23,25,26). The third-order valence-electron chi connectivity index (χ3n) is 4.99. The van der Waals surface area contributed by atoms with Crippen molar-refractivity contribution in [3.63, 3.8) is 0 Å². The van der Waals surface area contributed by atoms with Crippen molar-refractivity contribution in [2.75, 3.05) is 11.1 Å². The average molecular weight is 428 g/mol. The van der Waals surface area contributed by atoms with E-state index < -0.39 is 9.84 Å². The lowest BCUT2D eigenvalue weighted by Gasteiger charge is -2.14. The first kappa shape index (κ1) is 22.0. The van der Waals surface area contributed by atoms with Crippen molar-refractivity contribution in [2.24, 2.45) is 0 Å². The first-order chi connectivity index (χ1) is 14.2. The Hall–Kier alpha value is -2.74. The van der Waals surface area contributed by atoms with Crippen LogP contribution in [0.15, 0.2) is 41.6 Å². The number of aromatic nitrogens is 4. The summed E-state index contributed by atoms with van der Waals surface area (Å²) in [5, 5.41) is 3.21. The SMILES string of the molecule is CCCCS(=O)(=O)c1ccc(Nc2nccc(-c3cnc(C)n3C(C)C)n2)c(C)c1. The molecule has 2 aromatic heterocycles. The molecule has 0 fully saturated rings. The van der Waals surface area contributed by atoms with Crippen LogP contribution in [0.1, 0.15) is 51.0 Å². The maximum absolute atomic E-state index is 12.4. The van der Waals surface area contributed by atoms with Crippen LogP contribution in [0, 0.1) is 13.8 Å². The Bertz CT molecular complexity index is 1140. The minimum Gasteiger partial charge on any atom is -0.324 e. The fraction of sp³-hybridized carbons (Fsp3) is 0.409. The molecule has 0 saturated carbocycles. The quantitative estimate of drug-likeness (QED) is 0.552. The minimum absolute atomic E-state index is 0.170. The Morgan fingerprint density at radius 3 is 2.57 bits per heavy atom. The van der Waals surface area contributed by atoms with E-state index in [2.05, 4.69) is 38.7 Å². The lowest BCUT2D eigenvalue weighted by Crippen LogP contribution is -2.08. The molecule has 1 N–H and O–H groups in total. The number of nitrogens with zero attached hydrogens (tertiary/aromatic N) is 4. The van der Waals surface area contributed by atoms with Gasteiger partial charge in [0.25, 0.3) is 0 Å². The summed E-state index contributed by atoms with van der Waals surface area (Å²) in [5.41, 5.74) is 3.31. The van der Waals surface area contributed by atoms with Crippen LogP contribution in [0.3, 0.4) is 0 Å². The zero-order valence-electron chi connectivity index (χ0n) is 18.2. The topological polar surface area (TPSA) is 89.8 Å². The zero-order chi connectivity index (χ0) is 21.9. The third kappa shape index (κ3) is 4.70. The Balaban J connectivity index is 1.87. The second-order valence-electron chi connectivity index (χ2n) is 7.69. The molecule has 30 heavy (non-hydrogen) atoms. The maximum atomic E-state index is 12.4. The Morgan fingerprint density at radius 2 is 1.90 bits per heavy atom. The summed E-state index contributed by atoms with van der Waals surface area (Å²) >= 11 is 0. The van der Waals surface area contributed by atoms with E-state index in [0.29, 0.717) is 17.3 Å². The summed E-state index contributed by atoms with van der Waals surface area (Å²) in [5.74, 6) is 1.55. The van der Waals surface area contributed by atoms with Crippen LogP contribution < -0.4 is 5.32 Å². The fourth-order valence-corrected chi connectivity index (χ4v) is 4.93. The molecule has 0 unspecified atom stereocenters. The molecular weight excluding hydrogens is 398 g/mol. The van der Waals surface area contributed by atoms with Gasteiger partial charge in [-0.2, -0.15) is 0 Å². The van der Waals surface area contributed by atoms with Gasteiger partial charge < -0.3 is 9.88 Å². The van der Waals surface area contributed by atoms with Crippen molar-refractivity contribution >= 4 is 21.5 Å². The Kier molecular flexibility index (Phi) is 6.55. The number of nitrogens with one attached hydrogen (secondary N) is 1. The van der Waals surface area contributed by atoms with Crippen LogP contribution in [0.4, 0.5) is 11.6 Å². The smallest absolute Gasteiger partial charge is 0.227 e. The van der Waals surface area contributed by atoms with Crippen molar-refractivity contribution in [1.82, 2.24) is 19.5 Å². The van der Waals surface area contributed by atoms with Gasteiger partial charge in [-0.25, -0.2) is 23.4 Å². The molecule has 0 saturated heterocycles. The lowest BCUT2D eigenvalue weighted by atomic mass is 10.2. The van der Waals surface area contributed by atoms with Crippen LogP contribution in [0.5, 0.6) is 0 Å². The van der Waals surface area contributed by atoms with Gasteiger partial charge in [0.2, 0.25) is 5.95 Å². The van der Waals surface area contributed by atoms with Crippen molar-refractivity contribution < 1.29 is 8.42 Å². The number of aryl methyl sites for hydroxylation is 2. The molecule has 3 aromatic rings.